The number of carboxylic acid groups (broad SMARTS) is 1. The van der Waals surface area contributed by atoms with E-state index in [1.54, 1.807) is 0 Å². The van der Waals surface area contributed by atoms with E-state index in [0.717, 1.165) is 0 Å². The standard InChI is InChI=1S/C8H7BrO2/c9-5-6-1-3-7(4-2-6)8(10)11/h1-4H,5H2,(H,10,11)/i5D2. The number of benzene rings is 1. The Balaban J connectivity index is 3.01. The Bertz CT molecular complexity index is 316. The molecule has 0 aliphatic rings. The molecule has 0 unspecified atom stereocenters. The van der Waals surface area contributed by atoms with Crippen LogP contribution in [0.1, 0.15) is 18.7 Å². The van der Waals surface area contributed by atoms with Crippen molar-refractivity contribution in [1.29, 1.82) is 0 Å². The van der Waals surface area contributed by atoms with Crippen molar-refractivity contribution in [3.63, 3.8) is 0 Å². The minimum Gasteiger partial charge on any atom is -0.478 e. The molecule has 0 amide bonds. The van der Waals surface area contributed by atoms with Gasteiger partial charge >= 0.3 is 5.97 Å². The molecule has 0 saturated carbocycles. The lowest BCUT2D eigenvalue weighted by molar-refractivity contribution is 0.0697. The molecule has 0 radical (unpaired) electrons. The summed E-state index contributed by atoms with van der Waals surface area (Å²) in [6, 6.07) is 5.63. The lowest BCUT2D eigenvalue weighted by Crippen LogP contribution is -1.95. The fourth-order valence-electron chi connectivity index (χ4n) is 0.676. The molecule has 0 aliphatic heterocycles. The average Bonchev–Trinajstić information content (AvgIpc) is 2.03. The molecule has 0 aliphatic carbocycles. The van der Waals surface area contributed by atoms with Gasteiger partial charge in [0.25, 0.3) is 0 Å². The highest BCUT2D eigenvalue weighted by Gasteiger charge is 1.99. The van der Waals surface area contributed by atoms with Crippen LogP contribution >= 0.6 is 15.9 Å². The van der Waals surface area contributed by atoms with Gasteiger partial charge in [-0.2, -0.15) is 0 Å². The lowest BCUT2D eigenvalue weighted by atomic mass is 10.2. The van der Waals surface area contributed by atoms with Crippen LogP contribution in [0.25, 0.3) is 0 Å². The van der Waals surface area contributed by atoms with Crippen LogP contribution in [-0.4, -0.2) is 11.1 Å². The number of halogens is 1. The van der Waals surface area contributed by atoms with Crippen LogP contribution in [-0.2, 0) is 5.28 Å². The van der Waals surface area contributed by atoms with E-state index in [1.807, 2.05) is 0 Å². The Labute approximate surface area is 75.8 Å². The molecule has 0 spiro atoms. The van der Waals surface area contributed by atoms with E-state index in [0.29, 0.717) is 5.56 Å². The van der Waals surface area contributed by atoms with Crippen molar-refractivity contribution in [3.05, 3.63) is 35.4 Å². The zero-order chi connectivity index (χ0) is 10.1. The van der Waals surface area contributed by atoms with Gasteiger partial charge in [-0.05, 0) is 17.7 Å². The van der Waals surface area contributed by atoms with Crippen molar-refractivity contribution in [2.75, 3.05) is 0 Å². The molecule has 3 heteroatoms. The van der Waals surface area contributed by atoms with Crippen molar-refractivity contribution in [3.8, 4) is 0 Å². The number of rotatable bonds is 2. The molecule has 0 aromatic heterocycles. The molecule has 0 bridgehead atoms. The molecule has 0 fully saturated rings. The summed E-state index contributed by atoms with van der Waals surface area (Å²) in [7, 11) is 0. The van der Waals surface area contributed by atoms with E-state index in [9.17, 15) is 4.79 Å². The normalized spacial score (nSPS) is 13.5. The molecule has 0 heterocycles. The second-order valence-corrected chi connectivity index (χ2v) is 2.37. The molecular formula is C8H7BrO2. The van der Waals surface area contributed by atoms with Gasteiger partial charge in [-0.25, -0.2) is 4.79 Å². The van der Waals surface area contributed by atoms with Crippen LogP contribution in [0.2, 0.25) is 0 Å². The summed E-state index contributed by atoms with van der Waals surface area (Å²) in [6.07, 6.45) is 0. The maximum atomic E-state index is 10.5. The highest BCUT2D eigenvalue weighted by atomic mass is 79.9. The fraction of sp³-hybridized carbons (Fsp3) is 0.125. The second kappa shape index (κ2) is 3.53. The van der Waals surface area contributed by atoms with Gasteiger partial charge in [0.05, 0.1) is 5.56 Å². The molecule has 11 heavy (non-hydrogen) atoms. The Hall–Kier alpha value is -0.830. The minimum absolute atomic E-state index is 0.153. The highest BCUT2D eigenvalue weighted by Crippen LogP contribution is 2.07. The second-order valence-electron chi connectivity index (χ2n) is 1.98. The number of hydrogen-bond donors (Lipinski definition) is 1. The monoisotopic (exact) mass is 216 g/mol. The van der Waals surface area contributed by atoms with E-state index in [1.165, 1.54) is 24.3 Å². The summed E-state index contributed by atoms with van der Waals surface area (Å²) < 4.78 is 14.6. The average molecular weight is 217 g/mol. The summed E-state index contributed by atoms with van der Waals surface area (Å²) in [5, 5.41) is 6.97. The first-order valence-corrected chi connectivity index (χ1v) is 3.73. The van der Waals surface area contributed by atoms with E-state index >= 15 is 0 Å². The van der Waals surface area contributed by atoms with Crippen LogP contribution in [0, 0.1) is 0 Å². The smallest absolute Gasteiger partial charge is 0.335 e. The van der Waals surface area contributed by atoms with E-state index in [2.05, 4.69) is 15.9 Å². The van der Waals surface area contributed by atoms with Crippen LogP contribution in [0.3, 0.4) is 0 Å². The SMILES string of the molecule is [2H]C([2H])(Br)c1ccc(C(=O)O)cc1. The summed E-state index contributed by atoms with van der Waals surface area (Å²) in [5.41, 5.74) is 0.554. The van der Waals surface area contributed by atoms with Crippen LogP contribution in [0.5, 0.6) is 0 Å². The maximum Gasteiger partial charge on any atom is 0.335 e. The number of carboxylic acids is 1. The summed E-state index contributed by atoms with van der Waals surface area (Å²) in [4.78, 5) is 10.5. The van der Waals surface area contributed by atoms with Gasteiger partial charge in [0.15, 0.2) is 0 Å². The molecule has 2 nitrogen and oxygen atoms in total. The van der Waals surface area contributed by atoms with Crippen LogP contribution in [0.4, 0.5) is 0 Å². The molecule has 0 atom stereocenters. The van der Waals surface area contributed by atoms with Crippen molar-refractivity contribution in [1.82, 2.24) is 0 Å². The van der Waals surface area contributed by atoms with Gasteiger partial charge < -0.3 is 5.11 Å². The number of hydrogen-bond acceptors (Lipinski definition) is 1. The molecule has 1 N–H and O–H groups in total. The van der Waals surface area contributed by atoms with Crippen molar-refractivity contribution in [2.24, 2.45) is 0 Å². The predicted molar refractivity (Wildman–Crippen MR) is 46.0 cm³/mol. The van der Waals surface area contributed by atoms with Gasteiger partial charge in [0.2, 0.25) is 0 Å². The first-order valence-electron chi connectivity index (χ1n) is 3.94. The van der Waals surface area contributed by atoms with Crippen LogP contribution < -0.4 is 0 Å². The summed E-state index contributed by atoms with van der Waals surface area (Å²) >= 11 is 2.83. The third-order valence-electron chi connectivity index (χ3n) is 1.24. The number of aromatic carboxylic acids is 1. The molecule has 0 saturated heterocycles. The molecule has 58 valence electrons. The Morgan fingerprint density at radius 3 is 2.45 bits per heavy atom. The predicted octanol–water partition coefficient (Wildman–Crippen LogP) is 2.28. The van der Waals surface area contributed by atoms with Gasteiger partial charge in [-0.1, -0.05) is 28.1 Å². The number of carbonyl (C=O) groups is 1. The van der Waals surface area contributed by atoms with E-state index in [-0.39, 0.29) is 5.56 Å². The highest BCUT2D eigenvalue weighted by molar-refractivity contribution is 9.08. The summed E-state index contributed by atoms with van der Waals surface area (Å²) in [5.74, 6) is -1.01. The zero-order valence-corrected chi connectivity index (χ0v) is 7.13. The number of alkyl halides is 1. The third kappa shape index (κ3) is 2.05. The molecule has 1 aromatic carbocycles. The quantitative estimate of drug-likeness (QED) is 0.771. The fourth-order valence-corrected chi connectivity index (χ4v) is 0.940. The lowest BCUT2D eigenvalue weighted by Gasteiger charge is -1.95. The van der Waals surface area contributed by atoms with Crippen molar-refractivity contribution < 1.29 is 12.6 Å². The molecular weight excluding hydrogens is 208 g/mol. The Morgan fingerprint density at radius 2 is 2.09 bits per heavy atom. The van der Waals surface area contributed by atoms with Crippen LogP contribution in [0.15, 0.2) is 24.3 Å². The summed E-state index contributed by atoms with van der Waals surface area (Å²) in [6.45, 7) is 0. The maximum absolute atomic E-state index is 10.5. The van der Waals surface area contributed by atoms with Gasteiger partial charge in [0.1, 0.15) is 0 Å². The topological polar surface area (TPSA) is 37.3 Å². The van der Waals surface area contributed by atoms with Gasteiger partial charge in [-0.15, -0.1) is 0 Å². The zero-order valence-electron chi connectivity index (χ0n) is 7.54. The largest absolute Gasteiger partial charge is 0.478 e. The van der Waals surface area contributed by atoms with E-state index in [4.69, 9.17) is 7.85 Å². The minimum atomic E-state index is -1.61. The molecule has 1 rings (SSSR count). The first-order chi connectivity index (χ1) is 5.91. The van der Waals surface area contributed by atoms with Crippen molar-refractivity contribution in [2.45, 2.75) is 5.28 Å². The van der Waals surface area contributed by atoms with Crippen molar-refractivity contribution >= 4 is 21.9 Å². The molecule has 1 aromatic rings. The Kier molecular flexibility index (Phi) is 1.85. The Morgan fingerprint density at radius 1 is 1.55 bits per heavy atom. The van der Waals surface area contributed by atoms with Gasteiger partial charge in [-0.3, -0.25) is 0 Å². The third-order valence-corrected chi connectivity index (χ3v) is 1.70. The van der Waals surface area contributed by atoms with E-state index < -0.39 is 11.3 Å². The van der Waals surface area contributed by atoms with Gasteiger partial charge in [0, 0.05) is 8.02 Å². The first kappa shape index (κ1) is 5.77.